The number of carboxylic acid groups (broad SMARTS) is 1. The molecule has 0 unspecified atom stereocenters. The Morgan fingerprint density at radius 1 is 1.35 bits per heavy atom. The van der Waals surface area contributed by atoms with Gasteiger partial charge in [0, 0.05) is 13.0 Å². The molecule has 6 heteroatoms. The number of imidazole rings is 1. The second-order valence-corrected chi connectivity index (χ2v) is 4.61. The highest BCUT2D eigenvalue weighted by Crippen LogP contribution is 2.21. The van der Waals surface area contributed by atoms with Crippen molar-refractivity contribution >= 4 is 28.9 Å². The lowest BCUT2D eigenvalue weighted by atomic mass is 10.2. The van der Waals surface area contributed by atoms with Crippen LogP contribution in [-0.2, 0) is 16.1 Å². The highest BCUT2D eigenvalue weighted by molar-refractivity contribution is 5.93. The summed E-state index contributed by atoms with van der Waals surface area (Å²) in [5.74, 6) is -0.864. The number of nitrogens with one attached hydrogen (secondary N) is 1. The number of nitrogens with zero attached hydrogens (tertiary/aromatic N) is 2. The van der Waals surface area contributed by atoms with Crippen LogP contribution < -0.4 is 5.32 Å². The van der Waals surface area contributed by atoms with Crippen molar-refractivity contribution in [3.05, 3.63) is 23.8 Å². The molecule has 0 saturated carbocycles. The Kier molecular flexibility index (Phi) is 4.02. The summed E-state index contributed by atoms with van der Waals surface area (Å²) in [5.41, 5.74) is 2.87. The molecule has 1 aromatic carbocycles. The SMILES string of the molecule is CCn1c(NC(=O)CCC(=O)O)nc2cc(C)ccc21. The van der Waals surface area contributed by atoms with Crippen molar-refractivity contribution in [2.45, 2.75) is 33.2 Å². The Hall–Kier alpha value is -2.37. The molecule has 106 valence electrons. The molecule has 0 atom stereocenters. The summed E-state index contributed by atoms with van der Waals surface area (Å²) in [5, 5.41) is 11.2. The monoisotopic (exact) mass is 275 g/mol. The van der Waals surface area contributed by atoms with E-state index in [2.05, 4.69) is 10.3 Å². The molecule has 0 radical (unpaired) electrons. The van der Waals surface area contributed by atoms with Gasteiger partial charge in [0.25, 0.3) is 0 Å². The lowest BCUT2D eigenvalue weighted by Crippen LogP contribution is -2.16. The molecular formula is C14H17N3O3. The standard InChI is InChI=1S/C14H17N3O3/c1-3-17-11-5-4-9(2)8-10(11)15-14(17)16-12(18)6-7-13(19)20/h4-5,8H,3,6-7H2,1-2H3,(H,19,20)(H,15,16,18). The van der Waals surface area contributed by atoms with Crippen molar-refractivity contribution in [2.75, 3.05) is 5.32 Å². The van der Waals surface area contributed by atoms with Crippen LogP contribution in [0.4, 0.5) is 5.95 Å². The van der Waals surface area contributed by atoms with E-state index < -0.39 is 5.97 Å². The molecule has 1 aromatic heterocycles. The van der Waals surface area contributed by atoms with Crippen molar-refractivity contribution < 1.29 is 14.7 Å². The van der Waals surface area contributed by atoms with Crippen molar-refractivity contribution in [1.29, 1.82) is 0 Å². The molecule has 2 N–H and O–H groups in total. The third kappa shape index (κ3) is 2.96. The van der Waals surface area contributed by atoms with Gasteiger partial charge in [-0.05, 0) is 31.5 Å². The van der Waals surface area contributed by atoms with Crippen LogP contribution in [0.25, 0.3) is 11.0 Å². The molecule has 2 rings (SSSR count). The maximum atomic E-state index is 11.7. The lowest BCUT2D eigenvalue weighted by Gasteiger charge is -2.06. The number of benzene rings is 1. The van der Waals surface area contributed by atoms with Gasteiger partial charge in [0.05, 0.1) is 17.5 Å². The quantitative estimate of drug-likeness (QED) is 0.875. The number of aromatic nitrogens is 2. The Bertz CT molecular complexity index is 661. The third-order valence-corrected chi connectivity index (χ3v) is 3.04. The van der Waals surface area contributed by atoms with Gasteiger partial charge in [-0.2, -0.15) is 0 Å². The number of fused-ring (bicyclic) bond motifs is 1. The number of hydrogen-bond acceptors (Lipinski definition) is 3. The number of amides is 1. The van der Waals surface area contributed by atoms with Gasteiger partial charge in [-0.25, -0.2) is 4.98 Å². The van der Waals surface area contributed by atoms with E-state index in [-0.39, 0.29) is 18.7 Å². The van der Waals surface area contributed by atoms with Gasteiger partial charge < -0.3 is 9.67 Å². The molecule has 0 fully saturated rings. The first-order chi connectivity index (χ1) is 9.51. The fraction of sp³-hybridized carbons (Fsp3) is 0.357. The largest absolute Gasteiger partial charge is 0.481 e. The predicted octanol–water partition coefficient (Wildman–Crippen LogP) is 2.17. The van der Waals surface area contributed by atoms with Crippen LogP contribution >= 0.6 is 0 Å². The van der Waals surface area contributed by atoms with E-state index in [4.69, 9.17) is 5.11 Å². The molecule has 6 nitrogen and oxygen atoms in total. The number of carbonyl (C=O) groups excluding carboxylic acids is 1. The molecule has 0 saturated heterocycles. The topological polar surface area (TPSA) is 84.2 Å². The summed E-state index contributed by atoms with van der Waals surface area (Å²) in [4.78, 5) is 26.6. The number of aryl methyl sites for hydroxylation is 2. The first-order valence-electron chi connectivity index (χ1n) is 6.49. The molecule has 2 aromatic rings. The average molecular weight is 275 g/mol. The molecule has 0 aliphatic heterocycles. The van der Waals surface area contributed by atoms with Gasteiger partial charge in [0.1, 0.15) is 0 Å². The van der Waals surface area contributed by atoms with Gasteiger partial charge in [0.2, 0.25) is 11.9 Å². The minimum absolute atomic E-state index is 0.0543. The minimum Gasteiger partial charge on any atom is -0.481 e. The Balaban J connectivity index is 2.25. The van der Waals surface area contributed by atoms with Crippen LogP contribution in [0.3, 0.4) is 0 Å². The molecule has 20 heavy (non-hydrogen) atoms. The van der Waals surface area contributed by atoms with Gasteiger partial charge in [-0.15, -0.1) is 0 Å². The smallest absolute Gasteiger partial charge is 0.303 e. The van der Waals surface area contributed by atoms with Gasteiger partial charge in [-0.3, -0.25) is 14.9 Å². The predicted molar refractivity (Wildman–Crippen MR) is 75.6 cm³/mol. The second kappa shape index (κ2) is 5.73. The minimum atomic E-state index is -0.986. The number of carboxylic acids is 1. The van der Waals surface area contributed by atoms with Crippen LogP contribution in [0.15, 0.2) is 18.2 Å². The van der Waals surface area contributed by atoms with E-state index in [1.165, 1.54) is 0 Å². The van der Waals surface area contributed by atoms with Gasteiger partial charge in [0.15, 0.2) is 0 Å². The molecule has 0 aliphatic rings. The van der Waals surface area contributed by atoms with E-state index in [1.54, 1.807) is 0 Å². The lowest BCUT2D eigenvalue weighted by molar-refractivity contribution is -0.138. The van der Waals surface area contributed by atoms with Crippen molar-refractivity contribution in [1.82, 2.24) is 9.55 Å². The van der Waals surface area contributed by atoms with Crippen LogP contribution in [0.1, 0.15) is 25.3 Å². The Morgan fingerprint density at radius 3 is 2.75 bits per heavy atom. The number of carbonyl (C=O) groups is 2. The summed E-state index contributed by atoms with van der Waals surface area (Å²) in [6.07, 6.45) is -0.238. The fourth-order valence-corrected chi connectivity index (χ4v) is 2.06. The second-order valence-electron chi connectivity index (χ2n) is 4.61. The number of anilines is 1. The molecule has 1 heterocycles. The van der Waals surface area contributed by atoms with E-state index in [0.717, 1.165) is 16.6 Å². The van der Waals surface area contributed by atoms with Crippen LogP contribution in [0.5, 0.6) is 0 Å². The first kappa shape index (κ1) is 14.0. The zero-order valence-corrected chi connectivity index (χ0v) is 11.5. The summed E-state index contributed by atoms with van der Waals surface area (Å²) in [6, 6.07) is 5.91. The first-order valence-corrected chi connectivity index (χ1v) is 6.49. The van der Waals surface area contributed by atoms with Gasteiger partial charge >= 0.3 is 5.97 Å². The Morgan fingerprint density at radius 2 is 2.10 bits per heavy atom. The molecule has 0 bridgehead atoms. The highest BCUT2D eigenvalue weighted by atomic mass is 16.4. The molecule has 0 spiro atoms. The number of aliphatic carboxylic acids is 1. The van der Waals surface area contributed by atoms with E-state index in [9.17, 15) is 9.59 Å². The van der Waals surface area contributed by atoms with Crippen LogP contribution in [0, 0.1) is 6.92 Å². The maximum Gasteiger partial charge on any atom is 0.303 e. The third-order valence-electron chi connectivity index (χ3n) is 3.04. The molecule has 1 amide bonds. The van der Waals surface area contributed by atoms with Crippen molar-refractivity contribution in [3.63, 3.8) is 0 Å². The number of rotatable bonds is 5. The van der Waals surface area contributed by atoms with E-state index in [1.807, 2.05) is 36.6 Å². The zero-order chi connectivity index (χ0) is 14.7. The Labute approximate surface area is 116 Å². The van der Waals surface area contributed by atoms with E-state index in [0.29, 0.717) is 12.5 Å². The highest BCUT2D eigenvalue weighted by Gasteiger charge is 2.13. The van der Waals surface area contributed by atoms with Crippen LogP contribution in [0.2, 0.25) is 0 Å². The summed E-state index contributed by atoms with van der Waals surface area (Å²) >= 11 is 0. The average Bonchev–Trinajstić information content (AvgIpc) is 2.72. The summed E-state index contributed by atoms with van der Waals surface area (Å²) in [7, 11) is 0. The fourth-order valence-electron chi connectivity index (χ4n) is 2.06. The summed E-state index contributed by atoms with van der Waals surface area (Å²) < 4.78 is 1.90. The van der Waals surface area contributed by atoms with Crippen molar-refractivity contribution in [3.8, 4) is 0 Å². The normalized spacial score (nSPS) is 10.7. The van der Waals surface area contributed by atoms with Gasteiger partial charge in [-0.1, -0.05) is 6.07 Å². The zero-order valence-electron chi connectivity index (χ0n) is 11.5. The summed E-state index contributed by atoms with van der Waals surface area (Å²) in [6.45, 7) is 4.62. The molecular weight excluding hydrogens is 258 g/mol. The van der Waals surface area contributed by atoms with Crippen molar-refractivity contribution in [2.24, 2.45) is 0 Å². The maximum absolute atomic E-state index is 11.7. The number of hydrogen-bond donors (Lipinski definition) is 2. The van der Waals surface area contributed by atoms with E-state index >= 15 is 0 Å². The molecule has 0 aliphatic carbocycles. The van der Waals surface area contributed by atoms with Crippen LogP contribution in [-0.4, -0.2) is 26.5 Å².